The van der Waals surface area contributed by atoms with Gasteiger partial charge in [0.15, 0.2) is 5.76 Å². The van der Waals surface area contributed by atoms with Gasteiger partial charge >= 0.3 is 0 Å². The van der Waals surface area contributed by atoms with Crippen LogP contribution in [-0.2, 0) is 6.54 Å². The monoisotopic (exact) mass is 408 g/mol. The maximum Gasteiger partial charge on any atom is 0.151 e. The molecule has 6 heteroatoms. The Balaban J connectivity index is 1.14. The van der Waals surface area contributed by atoms with E-state index in [9.17, 15) is 4.39 Å². The SMILES string of the molecule is Cc1ccc(N2CCN(CCCNCc3cc(-c4ccccc4F)no3)CC2)cc1. The maximum absolute atomic E-state index is 13.8. The molecule has 0 atom stereocenters. The van der Waals surface area contributed by atoms with Crippen LogP contribution in [0, 0.1) is 12.7 Å². The Bertz CT molecular complexity index is 932. The molecule has 1 fully saturated rings. The highest BCUT2D eigenvalue weighted by Gasteiger charge is 2.16. The summed E-state index contributed by atoms with van der Waals surface area (Å²) in [6.07, 6.45) is 1.08. The van der Waals surface area contributed by atoms with E-state index in [1.165, 1.54) is 17.3 Å². The first-order chi connectivity index (χ1) is 14.7. The number of rotatable bonds is 8. The molecule has 0 radical (unpaired) electrons. The minimum atomic E-state index is -0.284. The van der Waals surface area contributed by atoms with Gasteiger partial charge in [-0.25, -0.2) is 4.39 Å². The number of aryl methyl sites for hydroxylation is 1. The van der Waals surface area contributed by atoms with Crippen LogP contribution in [-0.4, -0.2) is 49.3 Å². The van der Waals surface area contributed by atoms with E-state index in [0.29, 0.717) is 17.8 Å². The zero-order valence-electron chi connectivity index (χ0n) is 17.5. The standard InChI is InChI=1S/C24H29FN4O/c1-19-7-9-20(10-8-19)29-15-13-28(14-16-29)12-4-11-26-18-21-17-24(27-30-21)22-5-2-3-6-23(22)25/h2-3,5-10,17,26H,4,11-16,18H2,1H3. The molecule has 0 spiro atoms. The lowest BCUT2D eigenvalue weighted by Crippen LogP contribution is -2.46. The van der Waals surface area contributed by atoms with Crippen LogP contribution >= 0.6 is 0 Å². The second kappa shape index (κ2) is 9.87. The van der Waals surface area contributed by atoms with Gasteiger partial charge in [-0.15, -0.1) is 0 Å². The van der Waals surface area contributed by atoms with Gasteiger partial charge in [0.25, 0.3) is 0 Å². The van der Waals surface area contributed by atoms with E-state index in [1.807, 2.05) is 0 Å². The van der Waals surface area contributed by atoms with Crippen molar-refractivity contribution in [2.75, 3.05) is 44.2 Å². The average molecular weight is 409 g/mol. The van der Waals surface area contributed by atoms with Crippen LogP contribution in [0.25, 0.3) is 11.3 Å². The number of hydrogen-bond donors (Lipinski definition) is 1. The number of nitrogens with one attached hydrogen (secondary N) is 1. The van der Waals surface area contributed by atoms with E-state index in [2.05, 4.69) is 51.5 Å². The molecular formula is C24H29FN4O. The lowest BCUT2D eigenvalue weighted by atomic mass is 10.1. The summed E-state index contributed by atoms with van der Waals surface area (Å²) < 4.78 is 19.2. The van der Waals surface area contributed by atoms with Crippen molar-refractivity contribution in [2.24, 2.45) is 0 Å². The highest BCUT2D eigenvalue weighted by atomic mass is 19.1. The van der Waals surface area contributed by atoms with Crippen LogP contribution in [0.5, 0.6) is 0 Å². The molecule has 2 aromatic carbocycles. The fourth-order valence-electron chi connectivity index (χ4n) is 3.82. The van der Waals surface area contributed by atoms with Gasteiger partial charge in [0.2, 0.25) is 0 Å². The fourth-order valence-corrected chi connectivity index (χ4v) is 3.82. The third-order valence-corrected chi connectivity index (χ3v) is 5.61. The van der Waals surface area contributed by atoms with Crippen LogP contribution < -0.4 is 10.2 Å². The van der Waals surface area contributed by atoms with E-state index in [1.54, 1.807) is 24.3 Å². The molecule has 1 aliphatic heterocycles. The van der Waals surface area contributed by atoms with Crippen molar-refractivity contribution in [3.63, 3.8) is 0 Å². The van der Waals surface area contributed by atoms with Crippen molar-refractivity contribution < 1.29 is 8.91 Å². The Morgan fingerprint density at radius 2 is 1.80 bits per heavy atom. The number of hydrogen-bond acceptors (Lipinski definition) is 5. The van der Waals surface area contributed by atoms with E-state index >= 15 is 0 Å². The average Bonchev–Trinajstić information content (AvgIpc) is 3.23. The predicted molar refractivity (Wildman–Crippen MR) is 118 cm³/mol. The molecule has 30 heavy (non-hydrogen) atoms. The Morgan fingerprint density at radius 1 is 1.03 bits per heavy atom. The van der Waals surface area contributed by atoms with Gasteiger partial charge in [-0.3, -0.25) is 4.90 Å². The largest absolute Gasteiger partial charge is 0.369 e. The molecule has 1 aliphatic rings. The molecule has 1 aromatic heterocycles. The number of anilines is 1. The topological polar surface area (TPSA) is 44.5 Å². The molecule has 0 aliphatic carbocycles. The van der Waals surface area contributed by atoms with Crippen LogP contribution in [0.1, 0.15) is 17.7 Å². The molecule has 4 rings (SSSR count). The number of halogens is 1. The fraction of sp³-hybridized carbons (Fsp3) is 0.375. The predicted octanol–water partition coefficient (Wildman–Crippen LogP) is 4.09. The molecule has 1 N–H and O–H groups in total. The minimum Gasteiger partial charge on any atom is -0.369 e. The Kier molecular flexibility index (Phi) is 6.77. The summed E-state index contributed by atoms with van der Waals surface area (Å²) in [4.78, 5) is 4.99. The van der Waals surface area contributed by atoms with Gasteiger partial charge in [-0.1, -0.05) is 35.0 Å². The van der Waals surface area contributed by atoms with Crippen LogP contribution in [0.3, 0.4) is 0 Å². The summed E-state index contributed by atoms with van der Waals surface area (Å²) in [7, 11) is 0. The Hall–Kier alpha value is -2.70. The molecule has 1 saturated heterocycles. The molecule has 2 heterocycles. The van der Waals surface area contributed by atoms with E-state index in [0.717, 1.165) is 51.4 Å². The lowest BCUT2D eigenvalue weighted by Gasteiger charge is -2.36. The zero-order valence-corrected chi connectivity index (χ0v) is 17.5. The summed E-state index contributed by atoms with van der Waals surface area (Å²) in [5.41, 5.74) is 3.64. The second-order valence-corrected chi connectivity index (χ2v) is 7.85. The van der Waals surface area contributed by atoms with E-state index in [4.69, 9.17) is 4.52 Å². The number of nitrogens with zero attached hydrogens (tertiary/aromatic N) is 3. The number of benzene rings is 2. The molecule has 0 saturated carbocycles. The van der Waals surface area contributed by atoms with Crippen LogP contribution in [0.4, 0.5) is 10.1 Å². The number of piperazine rings is 1. The first-order valence-electron chi connectivity index (χ1n) is 10.6. The summed E-state index contributed by atoms with van der Waals surface area (Å²) in [6.45, 7) is 9.08. The summed E-state index contributed by atoms with van der Waals surface area (Å²) in [5, 5.41) is 7.38. The maximum atomic E-state index is 13.8. The first kappa shape index (κ1) is 20.6. The van der Waals surface area contributed by atoms with Gasteiger partial charge in [-0.05, 0) is 50.7 Å². The molecule has 5 nitrogen and oxygen atoms in total. The van der Waals surface area contributed by atoms with Crippen molar-refractivity contribution in [3.8, 4) is 11.3 Å². The number of aromatic nitrogens is 1. The molecule has 0 unspecified atom stereocenters. The third-order valence-electron chi connectivity index (χ3n) is 5.61. The van der Waals surface area contributed by atoms with Crippen LogP contribution in [0.2, 0.25) is 0 Å². The van der Waals surface area contributed by atoms with Crippen molar-refractivity contribution in [3.05, 3.63) is 71.7 Å². The second-order valence-electron chi connectivity index (χ2n) is 7.85. The van der Waals surface area contributed by atoms with Crippen molar-refractivity contribution in [1.29, 1.82) is 0 Å². The van der Waals surface area contributed by atoms with E-state index < -0.39 is 0 Å². The Morgan fingerprint density at radius 3 is 2.57 bits per heavy atom. The first-order valence-corrected chi connectivity index (χ1v) is 10.6. The van der Waals surface area contributed by atoms with E-state index in [-0.39, 0.29) is 5.82 Å². The van der Waals surface area contributed by atoms with Crippen molar-refractivity contribution >= 4 is 5.69 Å². The molecule has 158 valence electrons. The summed E-state index contributed by atoms with van der Waals surface area (Å²) in [5.74, 6) is 0.438. The van der Waals surface area contributed by atoms with Crippen molar-refractivity contribution in [1.82, 2.24) is 15.4 Å². The minimum absolute atomic E-state index is 0.284. The van der Waals surface area contributed by atoms with Gasteiger partial charge in [-0.2, -0.15) is 0 Å². The molecule has 0 amide bonds. The highest BCUT2D eigenvalue weighted by molar-refractivity contribution is 5.59. The van der Waals surface area contributed by atoms with Crippen LogP contribution in [0.15, 0.2) is 59.1 Å². The zero-order chi connectivity index (χ0) is 20.8. The van der Waals surface area contributed by atoms with Gasteiger partial charge in [0, 0.05) is 43.5 Å². The third kappa shape index (κ3) is 5.26. The van der Waals surface area contributed by atoms with Crippen molar-refractivity contribution in [2.45, 2.75) is 19.9 Å². The smallest absolute Gasteiger partial charge is 0.151 e. The van der Waals surface area contributed by atoms with Gasteiger partial charge in [0.05, 0.1) is 6.54 Å². The normalized spacial score (nSPS) is 14.9. The highest BCUT2D eigenvalue weighted by Crippen LogP contribution is 2.22. The molecule has 0 bridgehead atoms. The quantitative estimate of drug-likeness (QED) is 0.569. The Labute approximate surface area is 177 Å². The summed E-state index contributed by atoms with van der Waals surface area (Å²) >= 11 is 0. The molecule has 3 aromatic rings. The molecular weight excluding hydrogens is 379 g/mol. The van der Waals surface area contributed by atoms with Gasteiger partial charge in [0.1, 0.15) is 11.5 Å². The lowest BCUT2D eigenvalue weighted by molar-refractivity contribution is 0.253. The van der Waals surface area contributed by atoms with Gasteiger partial charge < -0.3 is 14.7 Å². The summed E-state index contributed by atoms with van der Waals surface area (Å²) in [6, 6.07) is 17.2.